The summed E-state index contributed by atoms with van der Waals surface area (Å²) in [5.74, 6) is -1.38. The molecule has 4 nitrogen and oxygen atoms in total. The molecule has 1 amide bonds. The highest BCUT2D eigenvalue weighted by Gasteiger charge is 2.10. The number of rotatable bonds is 6. The lowest BCUT2D eigenvalue weighted by molar-refractivity contribution is -0.137. The van der Waals surface area contributed by atoms with Crippen molar-refractivity contribution in [1.29, 1.82) is 0 Å². The SMILES string of the molecule is CN(Cc1cccc(F)c1)C(=O)CCCC(=O)O. The molecule has 0 radical (unpaired) electrons. The van der Waals surface area contributed by atoms with E-state index in [1.165, 1.54) is 17.0 Å². The van der Waals surface area contributed by atoms with Crippen molar-refractivity contribution in [2.45, 2.75) is 25.8 Å². The molecule has 0 spiro atoms. The van der Waals surface area contributed by atoms with Crippen molar-refractivity contribution in [3.05, 3.63) is 35.6 Å². The van der Waals surface area contributed by atoms with Gasteiger partial charge in [0.1, 0.15) is 5.82 Å². The summed E-state index contributed by atoms with van der Waals surface area (Å²) in [6.07, 6.45) is 0.499. The number of carboxylic acids is 1. The minimum Gasteiger partial charge on any atom is -0.481 e. The van der Waals surface area contributed by atoms with Crippen molar-refractivity contribution in [1.82, 2.24) is 4.90 Å². The summed E-state index contributed by atoms with van der Waals surface area (Å²) in [7, 11) is 1.62. The van der Waals surface area contributed by atoms with Crippen molar-refractivity contribution in [3.63, 3.8) is 0 Å². The van der Waals surface area contributed by atoms with Crippen LogP contribution in [-0.2, 0) is 16.1 Å². The molecular formula is C13H16FNO3. The van der Waals surface area contributed by atoms with Gasteiger partial charge in [0, 0.05) is 26.4 Å². The largest absolute Gasteiger partial charge is 0.481 e. The number of carbonyl (C=O) groups excluding carboxylic acids is 1. The Morgan fingerprint density at radius 3 is 2.67 bits per heavy atom. The van der Waals surface area contributed by atoms with Crippen LogP contribution in [0.3, 0.4) is 0 Å². The van der Waals surface area contributed by atoms with Crippen molar-refractivity contribution >= 4 is 11.9 Å². The first-order chi connectivity index (χ1) is 8.49. The van der Waals surface area contributed by atoms with Gasteiger partial charge in [-0.2, -0.15) is 0 Å². The Kier molecular flexibility index (Phi) is 5.30. The molecule has 0 aliphatic carbocycles. The minimum atomic E-state index is -0.907. The number of nitrogens with zero attached hydrogens (tertiary/aromatic N) is 1. The Morgan fingerprint density at radius 2 is 2.06 bits per heavy atom. The molecule has 0 unspecified atom stereocenters. The monoisotopic (exact) mass is 253 g/mol. The molecule has 0 bridgehead atoms. The zero-order chi connectivity index (χ0) is 13.5. The van der Waals surface area contributed by atoms with Gasteiger partial charge >= 0.3 is 5.97 Å². The van der Waals surface area contributed by atoms with Crippen LogP contribution < -0.4 is 0 Å². The number of carboxylic acid groups (broad SMARTS) is 1. The summed E-state index contributed by atoms with van der Waals surface area (Å²) in [5.41, 5.74) is 0.712. The molecule has 0 saturated heterocycles. The molecule has 1 rings (SSSR count). The first-order valence-electron chi connectivity index (χ1n) is 5.69. The summed E-state index contributed by atoms with van der Waals surface area (Å²) < 4.78 is 12.9. The van der Waals surface area contributed by atoms with Crippen LogP contribution in [0.25, 0.3) is 0 Å². The maximum absolute atomic E-state index is 12.9. The summed E-state index contributed by atoms with van der Waals surface area (Å²) in [6, 6.07) is 6.05. The van der Waals surface area contributed by atoms with Crippen LogP contribution >= 0.6 is 0 Å². The lowest BCUT2D eigenvalue weighted by atomic mass is 10.2. The summed E-state index contributed by atoms with van der Waals surface area (Å²) >= 11 is 0. The first-order valence-corrected chi connectivity index (χ1v) is 5.69. The third-order valence-corrected chi connectivity index (χ3v) is 2.52. The van der Waals surface area contributed by atoms with Crippen LogP contribution in [0, 0.1) is 5.82 Å². The quantitative estimate of drug-likeness (QED) is 0.844. The molecular weight excluding hydrogens is 237 g/mol. The van der Waals surface area contributed by atoms with E-state index < -0.39 is 5.97 Å². The molecule has 0 aromatic heterocycles. The fourth-order valence-corrected chi connectivity index (χ4v) is 1.58. The Balaban J connectivity index is 2.42. The zero-order valence-electron chi connectivity index (χ0n) is 10.2. The number of aliphatic carboxylic acids is 1. The average Bonchev–Trinajstić information content (AvgIpc) is 2.28. The highest BCUT2D eigenvalue weighted by molar-refractivity contribution is 5.76. The van der Waals surface area contributed by atoms with Crippen LogP contribution in [-0.4, -0.2) is 28.9 Å². The van der Waals surface area contributed by atoms with E-state index in [1.807, 2.05) is 0 Å². The van der Waals surface area contributed by atoms with E-state index in [0.29, 0.717) is 18.5 Å². The molecule has 0 heterocycles. The summed E-state index contributed by atoms with van der Waals surface area (Å²) in [4.78, 5) is 23.4. The standard InChI is InChI=1S/C13H16FNO3/c1-15(12(16)6-3-7-13(17)18)9-10-4-2-5-11(14)8-10/h2,4-5,8H,3,6-7,9H2,1H3,(H,17,18). The Hall–Kier alpha value is -1.91. The van der Waals surface area contributed by atoms with Gasteiger partial charge in [-0.25, -0.2) is 4.39 Å². The summed E-state index contributed by atoms with van der Waals surface area (Å²) in [6.45, 7) is 0.323. The second-order valence-electron chi connectivity index (χ2n) is 4.13. The molecule has 0 fully saturated rings. The van der Waals surface area contributed by atoms with E-state index in [0.717, 1.165) is 0 Å². The summed E-state index contributed by atoms with van der Waals surface area (Å²) in [5, 5.41) is 8.46. The van der Waals surface area contributed by atoms with Gasteiger partial charge in [0.15, 0.2) is 0 Å². The van der Waals surface area contributed by atoms with Gasteiger partial charge in [-0.3, -0.25) is 9.59 Å². The van der Waals surface area contributed by atoms with Gasteiger partial charge < -0.3 is 10.0 Å². The van der Waals surface area contributed by atoms with Gasteiger partial charge in [-0.1, -0.05) is 12.1 Å². The average molecular weight is 253 g/mol. The fraction of sp³-hybridized carbons (Fsp3) is 0.385. The topological polar surface area (TPSA) is 57.6 Å². The third kappa shape index (κ3) is 4.95. The highest BCUT2D eigenvalue weighted by atomic mass is 19.1. The molecule has 5 heteroatoms. The van der Waals surface area contributed by atoms with E-state index >= 15 is 0 Å². The molecule has 0 aliphatic rings. The van der Waals surface area contributed by atoms with Crippen LogP contribution in [0.2, 0.25) is 0 Å². The number of carbonyl (C=O) groups is 2. The molecule has 1 aromatic rings. The van der Waals surface area contributed by atoms with Gasteiger partial charge in [0.25, 0.3) is 0 Å². The Labute approximate surface area is 105 Å². The van der Waals surface area contributed by atoms with Gasteiger partial charge in [0.2, 0.25) is 5.91 Å². The smallest absolute Gasteiger partial charge is 0.303 e. The Morgan fingerprint density at radius 1 is 1.33 bits per heavy atom. The van der Waals surface area contributed by atoms with Crippen molar-refractivity contribution in [2.24, 2.45) is 0 Å². The molecule has 1 aromatic carbocycles. The van der Waals surface area contributed by atoms with Crippen LogP contribution in [0.1, 0.15) is 24.8 Å². The molecule has 0 aliphatic heterocycles. The van der Waals surface area contributed by atoms with Gasteiger partial charge in [-0.15, -0.1) is 0 Å². The van der Waals surface area contributed by atoms with E-state index in [4.69, 9.17) is 5.11 Å². The minimum absolute atomic E-state index is 0.0143. The molecule has 18 heavy (non-hydrogen) atoms. The molecule has 1 N–H and O–H groups in total. The predicted octanol–water partition coefficient (Wildman–Crippen LogP) is 2.04. The number of benzene rings is 1. The maximum atomic E-state index is 12.9. The van der Waals surface area contributed by atoms with Crippen molar-refractivity contribution in [2.75, 3.05) is 7.05 Å². The lowest BCUT2D eigenvalue weighted by Crippen LogP contribution is -2.26. The fourth-order valence-electron chi connectivity index (χ4n) is 1.58. The van der Waals surface area contributed by atoms with E-state index in [9.17, 15) is 14.0 Å². The number of hydrogen-bond acceptors (Lipinski definition) is 2. The van der Waals surface area contributed by atoms with Crippen molar-refractivity contribution < 1.29 is 19.1 Å². The Bertz CT molecular complexity index is 434. The number of amides is 1. The van der Waals surface area contributed by atoms with Gasteiger partial charge in [-0.05, 0) is 24.1 Å². The van der Waals surface area contributed by atoms with Crippen molar-refractivity contribution in [3.8, 4) is 0 Å². The van der Waals surface area contributed by atoms with Crippen LogP contribution in [0.15, 0.2) is 24.3 Å². The van der Waals surface area contributed by atoms with Crippen LogP contribution in [0.4, 0.5) is 4.39 Å². The second kappa shape index (κ2) is 6.74. The first kappa shape index (κ1) is 14.2. The number of hydrogen-bond donors (Lipinski definition) is 1. The van der Waals surface area contributed by atoms with E-state index in [-0.39, 0.29) is 24.6 Å². The molecule has 98 valence electrons. The lowest BCUT2D eigenvalue weighted by Gasteiger charge is -2.17. The van der Waals surface area contributed by atoms with E-state index in [1.54, 1.807) is 19.2 Å². The highest BCUT2D eigenvalue weighted by Crippen LogP contribution is 2.08. The van der Waals surface area contributed by atoms with Crippen LogP contribution in [0.5, 0.6) is 0 Å². The van der Waals surface area contributed by atoms with Gasteiger partial charge in [0.05, 0.1) is 0 Å². The predicted molar refractivity (Wildman–Crippen MR) is 64.4 cm³/mol. The normalized spacial score (nSPS) is 10.1. The maximum Gasteiger partial charge on any atom is 0.303 e. The second-order valence-corrected chi connectivity index (χ2v) is 4.13. The molecule has 0 atom stereocenters. The zero-order valence-corrected chi connectivity index (χ0v) is 10.2. The number of halogens is 1. The molecule has 0 saturated carbocycles. The van der Waals surface area contributed by atoms with E-state index in [2.05, 4.69) is 0 Å². The third-order valence-electron chi connectivity index (χ3n) is 2.52.